The Hall–Kier alpha value is -1.13. The van der Waals surface area contributed by atoms with E-state index in [4.69, 9.17) is 0 Å². The third-order valence-corrected chi connectivity index (χ3v) is 10.7. The minimum absolute atomic E-state index is 0.0638. The van der Waals surface area contributed by atoms with Crippen LogP contribution in [-0.4, -0.2) is 48.2 Å². The first-order valence-corrected chi connectivity index (χ1v) is 13.0. The van der Waals surface area contributed by atoms with Crippen LogP contribution in [0.3, 0.4) is 0 Å². The molecule has 9 atom stereocenters. The number of hydrogen-bond acceptors (Lipinski definition) is 3. The molecule has 1 amide bonds. The molecule has 0 radical (unpaired) electrons. The van der Waals surface area contributed by atoms with E-state index in [1.165, 1.54) is 37.7 Å². The quantitative estimate of drug-likeness (QED) is 0.479. The van der Waals surface area contributed by atoms with E-state index in [9.17, 15) is 9.90 Å². The molecule has 0 aromatic rings. The van der Waals surface area contributed by atoms with Crippen molar-refractivity contribution >= 4 is 5.91 Å². The van der Waals surface area contributed by atoms with E-state index in [0.29, 0.717) is 22.9 Å². The molecule has 2 N–H and O–H groups in total. The van der Waals surface area contributed by atoms with Crippen LogP contribution in [0, 0.1) is 34.5 Å². The predicted molar refractivity (Wildman–Crippen MR) is 131 cm³/mol. The number of carbonyl (C=O) groups excluding carboxylic acids is 1. The van der Waals surface area contributed by atoms with Gasteiger partial charge < -0.3 is 15.3 Å². The van der Waals surface area contributed by atoms with E-state index in [1.807, 2.05) is 19.9 Å². The molecule has 180 valence electrons. The van der Waals surface area contributed by atoms with Crippen molar-refractivity contribution in [1.82, 2.24) is 10.2 Å². The van der Waals surface area contributed by atoms with Crippen molar-refractivity contribution in [3.63, 3.8) is 0 Å². The molecule has 0 spiro atoms. The molecule has 0 bridgehead atoms. The van der Waals surface area contributed by atoms with Crippen molar-refractivity contribution in [3.8, 4) is 0 Å². The van der Waals surface area contributed by atoms with Gasteiger partial charge >= 0.3 is 0 Å². The molecular weight excluding hydrogens is 396 g/mol. The zero-order valence-electron chi connectivity index (χ0n) is 21.4. The van der Waals surface area contributed by atoms with Gasteiger partial charge in [0.05, 0.1) is 12.1 Å². The number of allylic oxidation sites excluding steroid dienone is 2. The van der Waals surface area contributed by atoms with Gasteiger partial charge in [-0.25, -0.2) is 0 Å². The highest BCUT2D eigenvalue weighted by atomic mass is 16.3. The van der Waals surface area contributed by atoms with Crippen LogP contribution < -0.4 is 5.32 Å². The Balaban J connectivity index is 1.56. The lowest BCUT2D eigenvalue weighted by molar-refractivity contribution is -0.119. The van der Waals surface area contributed by atoms with Crippen LogP contribution in [0.15, 0.2) is 23.3 Å². The summed E-state index contributed by atoms with van der Waals surface area (Å²) in [6.07, 6.45) is 12.1. The van der Waals surface area contributed by atoms with Crippen molar-refractivity contribution < 1.29 is 9.90 Å². The molecule has 0 unspecified atom stereocenters. The number of aliphatic hydroxyl groups is 1. The zero-order valence-corrected chi connectivity index (χ0v) is 21.4. The van der Waals surface area contributed by atoms with Gasteiger partial charge in [-0.15, -0.1) is 0 Å². The molecule has 32 heavy (non-hydrogen) atoms. The van der Waals surface area contributed by atoms with Crippen molar-refractivity contribution in [2.75, 3.05) is 14.1 Å². The second-order valence-corrected chi connectivity index (χ2v) is 12.2. The fraction of sp³-hybridized carbons (Fsp3) is 0.821. The van der Waals surface area contributed by atoms with Gasteiger partial charge in [-0.3, -0.25) is 4.79 Å². The number of carbonyl (C=O) groups is 1. The third kappa shape index (κ3) is 3.70. The number of rotatable bonds is 4. The molecule has 0 aromatic carbocycles. The highest BCUT2D eigenvalue weighted by Crippen LogP contribution is 2.67. The maximum Gasteiger partial charge on any atom is 0.247 e. The number of amides is 1. The maximum atomic E-state index is 12.4. The molecular formula is C28H46N2O2. The summed E-state index contributed by atoms with van der Waals surface area (Å²) < 4.78 is 0. The summed E-state index contributed by atoms with van der Waals surface area (Å²) >= 11 is 0. The van der Waals surface area contributed by atoms with Gasteiger partial charge in [0.1, 0.15) is 0 Å². The van der Waals surface area contributed by atoms with Crippen LogP contribution in [0.25, 0.3) is 0 Å². The van der Waals surface area contributed by atoms with E-state index >= 15 is 0 Å². The van der Waals surface area contributed by atoms with E-state index in [0.717, 1.165) is 30.6 Å². The number of fused-ring (bicyclic) bond motifs is 5. The zero-order chi connectivity index (χ0) is 23.4. The van der Waals surface area contributed by atoms with Gasteiger partial charge in [0.15, 0.2) is 0 Å². The van der Waals surface area contributed by atoms with Crippen LogP contribution in [0.4, 0.5) is 0 Å². The number of hydrogen-bond donors (Lipinski definition) is 2. The fourth-order valence-corrected chi connectivity index (χ4v) is 8.50. The van der Waals surface area contributed by atoms with Crippen LogP contribution in [0.2, 0.25) is 0 Å². The minimum Gasteiger partial charge on any atom is -0.391 e. The molecule has 3 fully saturated rings. The minimum atomic E-state index is -0.505. The standard InChI is InChI=1S/C28H46N2O2/c1-8-17(2)26(32)29-24-15-19-9-10-20-22-12-11-21(18(3)30(6)7)27(22,4)14-13-23(20)28(19,5)16-25(24)31/h8,15,18,20-25,31H,9-14,16H2,1-7H3,(H,29,32)/b17-8+/t18-,20-,21+,22-,23-,24+,25-,27+,28-/m0/s1. The second kappa shape index (κ2) is 8.58. The van der Waals surface area contributed by atoms with Crippen LogP contribution in [0.5, 0.6) is 0 Å². The normalized spacial score (nSPS) is 44.9. The van der Waals surface area contributed by atoms with Crippen molar-refractivity contribution in [1.29, 1.82) is 0 Å². The van der Waals surface area contributed by atoms with E-state index in [1.54, 1.807) is 0 Å². The van der Waals surface area contributed by atoms with Gasteiger partial charge in [-0.2, -0.15) is 0 Å². The predicted octanol–water partition coefficient (Wildman–Crippen LogP) is 4.94. The van der Waals surface area contributed by atoms with Gasteiger partial charge in [0, 0.05) is 11.6 Å². The SMILES string of the molecule is C/C=C(\C)C(=O)N[C@@H]1C=C2CC[C@H]3[C@@H]4CC[C@H]([C@H](C)N(C)C)[C@@]4(C)CC[C@@H]3[C@@]2(C)C[C@@H]1O. The highest BCUT2D eigenvalue weighted by Gasteiger charge is 2.60. The molecule has 0 aromatic heterocycles. The Morgan fingerprint density at radius 1 is 1.22 bits per heavy atom. The van der Waals surface area contributed by atoms with Crippen LogP contribution in [-0.2, 0) is 4.79 Å². The molecule has 4 nitrogen and oxygen atoms in total. The lowest BCUT2D eigenvalue weighted by atomic mass is 9.46. The molecule has 0 aliphatic heterocycles. The number of nitrogens with one attached hydrogen (secondary N) is 1. The number of nitrogens with zero attached hydrogens (tertiary/aromatic N) is 1. The van der Waals surface area contributed by atoms with Gasteiger partial charge in [0.25, 0.3) is 0 Å². The summed E-state index contributed by atoms with van der Waals surface area (Å²) in [4.78, 5) is 14.9. The first-order chi connectivity index (χ1) is 15.0. The van der Waals surface area contributed by atoms with E-state index in [-0.39, 0.29) is 17.4 Å². The Morgan fingerprint density at radius 3 is 2.59 bits per heavy atom. The van der Waals surface area contributed by atoms with E-state index < -0.39 is 6.10 Å². The van der Waals surface area contributed by atoms with Crippen molar-refractivity contribution in [2.45, 2.75) is 97.8 Å². The largest absolute Gasteiger partial charge is 0.391 e. The summed E-state index contributed by atoms with van der Waals surface area (Å²) in [6, 6.07) is 0.375. The van der Waals surface area contributed by atoms with Gasteiger partial charge in [0.2, 0.25) is 5.91 Å². The van der Waals surface area contributed by atoms with Crippen LogP contribution >= 0.6 is 0 Å². The van der Waals surface area contributed by atoms with Gasteiger partial charge in [-0.1, -0.05) is 31.6 Å². The maximum absolute atomic E-state index is 12.4. The first kappa shape index (κ1) is 24.0. The lowest BCUT2D eigenvalue weighted by Crippen LogP contribution is -2.55. The molecule has 0 saturated heterocycles. The van der Waals surface area contributed by atoms with Crippen molar-refractivity contribution in [3.05, 3.63) is 23.3 Å². The fourth-order valence-electron chi connectivity index (χ4n) is 8.50. The van der Waals surface area contributed by atoms with E-state index in [2.05, 4.69) is 51.2 Å². The lowest BCUT2D eigenvalue weighted by Gasteiger charge is -2.59. The third-order valence-electron chi connectivity index (χ3n) is 10.7. The smallest absolute Gasteiger partial charge is 0.247 e. The molecule has 4 heteroatoms. The van der Waals surface area contributed by atoms with Gasteiger partial charge in [-0.05, 0) is 114 Å². The first-order valence-electron chi connectivity index (χ1n) is 13.0. The summed E-state index contributed by atoms with van der Waals surface area (Å²) in [5, 5.41) is 14.2. The molecule has 0 heterocycles. The Bertz CT molecular complexity index is 801. The monoisotopic (exact) mass is 442 g/mol. The molecule has 4 rings (SSSR count). The summed E-state index contributed by atoms with van der Waals surface area (Å²) in [5.74, 6) is 2.99. The Labute approximate surface area is 195 Å². The number of aliphatic hydroxyl groups excluding tert-OH is 1. The summed E-state index contributed by atoms with van der Waals surface area (Å²) in [7, 11) is 4.48. The summed E-state index contributed by atoms with van der Waals surface area (Å²) in [6.45, 7) is 11.2. The molecule has 3 saturated carbocycles. The molecule has 4 aliphatic carbocycles. The van der Waals surface area contributed by atoms with Crippen LogP contribution in [0.1, 0.15) is 79.6 Å². The summed E-state index contributed by atoms with van der Waals surface area (Å²) in [5.41, 5.74) is 2.73. The average Bonchev–Trinajstić information content (AvgIpc) is 3.10. The Kier molecular flexibility index (Phi) is 6.44. The highest BCUT2D eigenvalue weighted by molar-refractivity contribution is 5.93. The Morgan fingerprint density at radius 2 is 1.94 bits per heavy atom. The average molecular weight is 443 g/mol. The second-order valence-electron chi connectivity index (χ2n) is 12.2. The molecule has 4 aliphatic rings. The topological polar surface area (TPSA) is 52.6 Å². The van der Waals surface area contributed by atoms with Crippen molar-refractivity contribution in [2.24, 2.45) is 34.5 Å².